The lowest BCUT2D eigenvalue weighted by Crippen LogP contribution is -2.53. The smallest absolute Gasteiger partial charge is 0.326 e. The van der Waals surface area contributed by atoms with Gasteiger partial charge < -0.3 is 48.5 Å². The maximum Gasteiger partial charge on any atom is 0.326 e. The number of carboxylic acid groups (broad SMARTS) is 1. The number of nitrogens with two attached hydrogens (primary N) is 2. The molecule has 5 rings (SSSR count). The average molecular weight is 880 g/mol. The molecule has 1 unspecified atom stereocenters. The van der Waals surface area contributed by atoms with Crippen LogP contribution in [-0.2, 0) is 35.3 Å². The van der Waals surface area contributed by atoms with Crippen LogP contribution >= 0.6 is 0 Å². The fourth-order valence-electron chi connectivity index (χ4n) is 6.49. The number of nitrogens with one attached hydrogen (secondary N) is 6. The highest BCUT2D eigenvalue weighted by atomic mass is 16.4. The Morgan fingerprint density at radius 1 is 0.750 bits per heavy atom. The number of nitrogens with zero attached hydrogens (tertiary/aromatic N) is 5. The third-order valence-electron chi connectivity index (χ3n) is 10.1. The summed E-state index contributed by atoms with van der Waals surface area (Å²) in [7, 11) is 0. The van der Waals surface area contributed by atoms with Crippen LogP contribution in [0.4, 0.5) is 28.8 Å². The zero-order chi connectivity index (χ0) is 46.3. The van der Waals surface area contributed by atoms with E-state index in [1.54, 1.807) is 62.4 Å². The number of unbranched alkanes of at least 4 members (excludes halogenated alkanes) is 2. The van der Waals surface area contributed by atoms with Crippen molar-refractivity contribution in [3.05, 3.63) is 78.1 Å². The number of carbonyl (C=O) groups is 7. The number of amides is 6. The van der Waals surface area contributed by atoms with Gasteiger partial charge in [-0.3, -0.25) is 33.7 Å². The Bertz CT molecular complexity index is 2360. The van der Waals surface area contributed by atoms with E-state index in [1.165, 1.54) is 25.3 Å². The standard InChI is InChI=1S/C43H53N13O8/c1-24(2)35(53-32(57)9-5-4-6-21-56-33(58)18-19-34(56)59)41(62)49-25(3)39(60)51-29-16-14-27(15-17-29)46-20-7-8-31(42(63)64)52-40(61)26-10-12-28(13-11-26)47-22-30-23-48-38-36(50-30)37(44)54-43(45)55-38/h10-19,23-25,31,35,46-47H,4-9,20-22H2,1-3H3,(H,49,62)(H,51,60)(H,52,61)(H,53,57)(H,63,64)(H4,44,45,48,54,55)/t25-,31-,35?/m0/s1. The zero-order valence-corrected chi connectivity index (χ0v) is 35.7. The quantitative estimate of drug-likeness (QED) is 0.0381. The Morgan fingerprint density at radius 3 is 2.08 bits per heavy atom. The molecule has 0 saturated heterocycles. The molecule has 1 aliphatic rings. The first-order valence-electron chi connectivity index (χ1n) is 20.8. The molecule has 0 fully saturated rings. The van der Waals surface area contributed by atoms with Crippen LogP contribution in [0.1, 0.15) is 75.3 Å². The number of anilines is 5. The molecule has 2 aromatic carbocycles. The van der Waals surface area contributed by atoms with Crippen LogP contribution in [0, 0.1) is 5.92 Å². The Hall–Kier alpha value is -7.71. The summed E-state index contributed by atoms with van der Waals surface area (Å²) in [6.07, 6.45) is 6.41. The third-order valence-corrected chi connectivity index (χ3v) is 10.1. The van der Waals surface area contributed by atoms with Gasteiger partial charge in [-0.15, -0.1) is 0 Å². The van der Waals surface area contributed by atoms with Gasteiger partial charge in [0.15, 0.2) is 17.0 Å². The molecular weight excluding hydrogens is 827 g/mol. The van der Waals surface area contributed by atoms with Gasteiger partial charge in [0, 0.05) is 54.3 Å². The topological polar surface area (TPSA) is 319 Å². The van der Waals surface area contributed by atoms with E-state index in [4.69, 9.17) is 11.5 Å². The minimum atomic E-state index is -1.17. The van der Waals surface area contributed by atoms with Gasteiger partial charge >= 0.3 is 5.97 Å². The first-order valence-corrected chi connectivity index (χ1v) is 20.8. The van der Waals surface area contributed by atoms with Crippen molar-refractivity contribution in [3.8, 4) is 0 Å². The molecule has 0 bridgehead atoms. The van der Waals surface area contributed by atoms with E-state index < -0.39 is 41.8 Å². The molecule has 338 valence electrons. The molecule has 3 atom stereocenters. The number of carboxylic acids is 1. The molecule has 21 heteroatoms. The summed E-state index contributed by atoms with van der Waals surface area (Å²) < 4.78 is 0. The van der Waals surface area contributed by atoms with E-state index in [0.717, 1.165) is 4.90 Å². The van der Waals surface area contributed by atoms with E-state index >= 15 is 0 Å². The summed E-state index contributed by atoms with van der Waals surface area (Å²) in [5.41, 5.74) is 14.8. The van der Waals surface area contributed by atoms with Gasteiger partial charge in [-0.1, -0.05) is 20.3 Å². The minimum absolute atomic E-state index is 0.00234. The monoisotopic (exact) mass is 879 g/mol. The van der Waals surface area contributed by atoms with Crippen molar-refractivity contribution in [2.75, 3.05) is 40.5 Å². The second-order valence-corrected chi connectivity index (χ2v) is 15.4. The van der Waals surface area contributed by atoms with Gasteiger partial charge in [0.05, 0.1) is 18.4 Å². The molecular formula is C43H53N13O8. The van der Waals surface area contributed by atoms with E-state index in [-0.39, 0.29) is 66.0 Å². The lowest BCUT2D eigenvalue weighted by atomic mass is 10.0. The predicted molar refractivity (Wildman–Crippen MR) is 238 cm³/mol. The molecule has 11 N–H and O–H groups in total. The van der Waals surface area contributed by atoms with Gasteiger partial charge in [-0.2, -0.15) is 9.97 Å². The molecule has 64 heavy (non-hydrogen) atoms. The van der Waals surface area contributed by atoms with Crippen LogP contribution in [0.15, 0.2) is 66.9 Å². The summed E-state index contributed by atoms with van der Waals surface area (Å²) in [6.45, 7) is 6.07. The highest BCUT2D eigenvalue weighted by Gasteiger charge is 2.27. The maximum absolute atomic E-state index is 13.1. The summed E-state index contributed by atoms with van der Waals surface area (Å²) in [6, 6.07) is 10.4. The van der Waals surface area contributed by atoms with Gasteiger partial charge in [0.2, 0.25) is 23.7 Å². The number of hydrogen-bond donors (Lipinski definition) is 9. The van der Waals surface area contributed by atoms with Gasteiger partial charge in [-0.25, -0.2) is 14.8 Å². The van der Waals surface area contributed by atoms with E-state index in [0.29, 0.717) is 67.0 Å². The lowest BCUT2D eigenvalue weighted by molar-refractivity contribution is -0.139. The fraction of sp³-hybridized carbons (Fsp3) is 0.372. The van der Waals surface area contributed by atoms with E-state index in [2.05, 4.69) is 51.8 Å². The fourth-order valence-corrected chi connectivity index (χ4v) is 6.49. The summed E-state index contributed by atoms with van der Waals surface area (Å²) in [5.74, 6) is -3.82. The van der Waals surface area contributed by atoms with Crippen molar-refractivity contribution in [1.29, 1.82) is 0 Å². The number of aliphatic carboxylic acids is 1. The average Bonchev–Trinajstić information content (AvgIpc) is 3.58. The van der Waals surface area contributed by atoms with Crippen molar-refractivity contribution < 1.29 is 38.7 Å². The normalized spacial score (nSPS) is 13.6. The second kappa shape index (κ2) is 22.4. The Balaban J connectivity index is 0.984. The third kappa shape index (κ3) is 13.6. The van der Waals surface area contributed by atoms with Crippen molar-refractivity contribution in [1.82, 2.24) is 40.8 Å². The lowest BCUT2D eigenvalue weighted by Gasteiger charge is -2.24. The molecule has 0 aliphatic carbocycles. The first kappa shape index (κ1) is 47.3. The van der Waals surface area contributed by atoms with Gasteiger partial charge in [0.1, 0.15) is 18.1 Å². The molecule has 1 aliphatic heterocycles. The van der Waals surface area contributed by atoms with E-state index in [9.17, 15) is 38.7 Å². The van der Waals surface area contributed by atoms with Crippen LogP contribution in [0.25, 0.3) is 11.2 Å². The number of rotatable bonds is 23. The summed E-state index contributed by atoms with van der Waals surface area (Å²) in [4.78, 5) is 105. The number of imide groups is 1. The van der Waals surface area contributed by atoms with Crippen LogP contribution in [0.3, 0.4) is 0 Å². The molecule has 0 radical (unpaired) electrons. The molecule has 3 heterocycles. The number of carbonyl (C=O) groups excluding carboxylic acids is 6. The second-order valence-electron chi connectivity index (χ2n) is 15.4. The largest absolute Gasteiger partial charge is 0.480 e. The molecule has 6 amide bonds. The van der Waals surface area contributed by atoms with Crippen molar-refractivity contribution in [3.63, 3.8) is 0 Å². The predicted octanol–water partition coefficient (Wildman–Crippen LogP) is 2.34. The Morgan fingerprint density at radius 2 is 1.41 bits per heavy atom. The maximum atomic E-state index is 13.1. The van der Waals surface area contributed by atoms with Crippen molar-refractivity contribution in [2.45, 2.75) is 84.0 Å². The minimum Gasteiger partial charge on any atom is -0.480 e. The molecule has 2 aromatic heterocycles. The summed E-state index contributed by atoms with van der Waals surface area (Å²) in [5, 5.41) is 26.9. The van der Waals surface area contributed by atoms with Gasteiger partial charge in [0.25, 0.3) is 17.7 Å². The van der Waals surface area contributed by atoms with Crippen molar-refractivity contribution >= 4 is 81.4 Å². The molecule has 21 nitrogen and oxygen atoms in total. The highest BCUT2D eigenvalue weighted by Crippen LogP contribution is 2.18. The SMILES string of the molecule is CC(C)C(NC(=O)CCCCCN1C(=O)C=CC1=O)C(=O)N[C@@H](C)C(=O)Nc1ccc(NCCC[C@H](NC(=O)c2ccc(NCc3cnc4nc(N)nc(N)c4n3)cc2)C(=O)O)cc1. The van der Waals surface area contributed by atoms with Crippen LogP contribution in [0.5, 0.6) is 0 Å². The Kier molecular flexibility index (Phi) is 16.6. The van der Waals surface area contributed by atoms with Crippen LogP contribution in [-0.4, -0.2) is 103 Å². The number of aromatic nitrogens is 4. The van der Waals surface area contributed by atoms with Crippen molar-refractivity contribution in [2.24, 2.45) is 5.92 Å². The molecule has 0 spiro atoms. The number of hydrogen-bond acceptors (Lipinski definition) is 15. The number of benzene rings is 2. The van der Waals surface area contributed by atoms with Crippen LogP contribution in [0.2, 0.25) is 0 Å². The van der Waals surface area contributed by atoms with E-state index in [1.807, 2.05) is 0 Å². The molecule has 0 saturated carbocycles. The van der Waals surface area contributed by atoms with Gasteiger partial charge in [-0.05, 0) is 87.1 Å². The number of nitrogen functional groups attached to an aromatic ring is 2. The zero-order valence-electron chi connectivity index (χ0n) is 35.7. The first-order chi connectivity index (χ1) is 30.6. The molecule has 4 aromatic rings. The number of fused-ring (bicyclic) bond motifs is 1. The summed E-state index contributed by atoms with van der Waals surface area (Å²) >= 11 is 0. The Labute approximate surface area is 368 Å². The highest BCUT2D eigenvalue weighted by molar-refractivity contribution is 6.12. The van der Waals surface area contributed by atoms with Crippen LogP contribution < -0.4 is 43.4 Å².